The van der Waals surface area contributed by atoms with E-state index in [2.05, 4.69) is 4.74 Å². The topological polar surface area (TPSA) is 43.4 Å². The second kappa shape index (κ2) is 5.11. The SMILES string of the molecule is CCCC(=O)OC(=O)C(F)(F)C(F)(F)C(F)(F)F. The minimum absolute atomic E-state index is 0.0351. The highest BCUT2D eigenvalue weighted by Gasteiger charge is 2.77. The molecule has 0 N–H and O–H groups in total. The fourth-order valence-corrected chi connectivity index (χ4v) is 0.729. The van der Waals surface area contributed by atoms with Gasteiger partial charge in [-0.2, -0.15) is 30.7 Å². The molecular weight excluding hydrogens is 277 g/mol. The fourth-order valence-electron chi connectivity index (χ4n) is 0.729. The van der Waals surface area contributed by atoms with Crippen LogP contribution >= 0.6 is 0 Å². The van der Waals surface area contributed by atoms with Crippen LogP contribution in [-0.2, 0) is 14.3 Å². The normalized spacial score (nSPS) is 13.3. The number of carbonyl (C=O) groups excluding carboxylic acids is 2. The highest BCUT2D eigenvalue weighted by Crippen LogP contribution is 2.46. The van der Waals surface area contributed by atoms with Crippen molar-refractivity contribution < 1.29 is 45.1 Å². The summed E-state index contributed by atoms with van der Waals surface area (Å²) in [5, 5.41) is 0. The molecule has 0 saturated heterocycles. The molecule has 0 aliphatic heterocycles. The van der Waals surface area contributed by atoms with Crippen molar-refractivity contribution in [2.75, 3.05) is 0 Å². The van der Waals surface area contributed by atoms with Gasteiger partial charge in [0.1, 0.15) is 0 Å². The second-order valence-electron chi connectivity index (χ2n) is 3.16. The van der Waals surface area contributed by atoms with Crippen LogP contribution in [0, 0.1) is 0 Å². The summed E-state index contributed by atoms with van der Waals surface area (Å²) in [6.07, 6.45) is -7.18. The lowest BCUT2D eigenvalue weighted by atomic mass is 10.1. The molecular formula is C8H7F7O3. The zero-order valence-electron chi connectivity index (χ0n) is 8.78. The molecule has 0 rings (SSSR count). The van der Waals surface area contributed by atoms with Gasteiger partial charge in [0.25, 0.3) is 0 Å². The lowest BCUT2D eigenvalue weighted by Crippen LogP contribution is -2.56. The highest BCUT2D eigenvalue weighted by atomic mass is 19.4. The molecule has 0 amide bonds. The Hall–Kier alpha value is -1.35. The maximum absolute atomic E-state index is 12.6. The Balaban J connectivity index is 5.04. The molecule has 0 radical (unpaired) electrons. The number of alkyl halides is 7. The molecule has 0 aromatic rings. The van der Waals surface area contributed by atoms with Crippen molar-refractivity contribution in [1.29, 1.82) is 0 Å². The smallest absolute Gasteiger partial charge is 0.388 e. The van der Waals surface area contributed by atoms with Gasteiger partial charge in [0.05, 0.1) is 0 Å². The molecule has 0 atom stereocenters. The Kier molecular flexibility index (Phi) is 4.72. The van der Waals surface area contributed by atoms with E-state index in [4.69, 9.17) is 0 Å². The van der Waals surface area contributed by atoms with E-state index in [1.165, 1.54) is 6.92 Å². The first-order chi connectivity index (χ1) is 7.88. The summed E-state index contributed by atoms with van der Waals surface area (Å²) >= 11 is 0. The van der Waals surface area contributed by atoms with Crippen molar-refractivity contribution in [3.05, 3.63) is 0 Å². The van der Waals surface area contributed by atoms with Crippen molar-refractivity contribution in [2.24, 2.45) is 0 Å². The monoisotopic (exact) mass is 284 g/mol. The second-order valence-corrected chi connectivity index (χ2v) is 3.16. The van der Waals surface area contributed by atoms with Crippen LogP contribution in [0.25, 0.3) is 0 Å². The molecule has 0 saturated carbocycles. The van der Waals surface area contributed by atoms with Gasteiger partial charge in [-0.15, -0.1) is 0 Å². The number of hydrogen-bond donors (Lipinski definition) is 0. The average molecular weight is 284 g/mol. The summed E-state index contributed by atoms with van der Waals surface area (Å²) < 4.78 is 88.0. The molecule has 18 heavy (non-hydrogen) atoms. The van der Waals surface area contributed by atoms with Crippen LogP contribution in [0.4, 0.5) is 30.7 Å². The Bertz CT molecular complexity index is 334. The van der Waals surface area contributed by atoms with Crippen LogP contribution in [0.15, 0.2) is 0 Å². The van der Waals surface area contributed by atoms with E-state index in [0.29, 0.717) is 0 Å². The van der Waals surface area contributed by atoms with E-state index in [1.54, 1.807) is 0 Å². The van der Waals surface area contributed by atoms with E-state index in [0.717, 1.165) is 0 Å². The first-order valence-corrected chi connectivity index (χ1v) is 4.45. The molecule has 0 bridgehead atoms. The third-order valence-electron chi connectivity index (χ3n) is 1.67. The number of ether oxygens (including phenoxy) is 1. The van der Waals surface area contributed by atoms with Crippen molar-refractivity contribution in [3.8, 4) is 0 Å². The molecule has 0 aliphatic rings. The number of halogens is 7. The van der Waals surface area contributed by atoms with Crippen molar-refractivity contribution in [2.45, 2.75) is 37.8 Å². The summed E-state index contributed by atoms with van der Waals surface area (Å²) in [5.41, 5.74) is 0. The zero-order valence-corrected chi connectivity index (χ0v) is 8.78. The Labute approximate surface area is 95.9 Å². The van der Waals surface area contributed by atoms with E-state index >= 15 is 0 Å². The Morgan fingerprint density at radius 2 is 1.44 bits per heavy atom. The summed E-state index contributed by atoms with van der Waals surface area (Å²) in [7, 11) is 0. The molecule has 0 aliphatic carbocycles. The average Bonchev–Trinajstić information content (AvgIpc) is 2.15. The van der Waals surface area contributed by atoms with Crippen molar-refractivity contribution in [1.82, 2.24) is 0 Å². The quantitative estimate of drug-likeness (QED) is 0.453. The first kappa shape index (κ1) is 16.6. The van der Waals surface area contributed by atoms with E-state index < -0.39 is 36.4 Å². The predicted molar refractivity (Wildman–Crippen MR) is 42.0 cm³/mol. The van der Waals surface area contributed by atoms with Crippen LogP contribution in [0.5, 0.6) is 0 Å². The molecule has 106 valence electrons. The van der Waals surface area contributed by atoms with Gasteiger partial charge < -0.3 is 4.74 Å². The minimum Gasteiger partial charge on any atom is -0.388 e. The lowest BCUT2D eigenvalue weighted by molar-refractivity contribution is -0.347. The van der Waals surface area contributed by atoms with Gasteiger partial charge in [-0.3, -0.25) is 4.79 Å². The number of hydrogen-bond acceptors (Lipinski definition) is 3. The van der Waals surface area contributed by atoms with Crippen LogP contribution < -0.4 is 0 Å². The van der Waals surface area contributed by atoms with Gasteiger partial charge in [0.15, 0.2) is 0 Å². The van der Waals surface area contributed by atoms with Crippen LogP contribution in [0.2, 0.25) is 0 Å². The Morgan fingerprint density at radius 3 is 1.78 bits per heavy atom. The number of esters is 2. The van der Waals surface area contributed by atoms with Crippen LogP contribution in [-0.4, -0.2) is 30.0 Å². The molecule has 3 nitrogen and oxygen atoms in total. The summed E-state index contributed by atoms with van der Waals surface area (Å²) in [6, 6.07) is 0. The van der Waals surface area contributed by atoms with Crippen LogP contribution in [0.3, 0.4) is 0 Å². The summed E-state index contributed by atoms with van der Waals surface area (Å²) in [6.45, 7) is 1.37. The molecule has 10 heteroatoms. The van der Waals surface area contributed by atoms with Gasteiger partial charge >= 0.3 is 30.0 Å². The predicted octanol–water partition coefficient (Wildman–Crippen LogP) is 2.69. The maximum atomic E-state index is 12.6. The first-order valence-electron chi connectivity index (χ1n) is 4.45. The number of carbonyl (C=O) groups is 2. The third kappa shape index (κ3) is 3.10. The minimum atomic E-state index is -6.65. The summed E-state index contributed by atoms with van der Waals surface area (Å²) in [4.78, 5) is 21.0. The largest absolute Gasteiger partial charge is 0.460 e. The van der Waals surface area contributed by atoms with E-state index in [-0.39, 0.29) is 6.42 Å². The molecule has 0 spiro atoms. The standard InChI is InChI=1S/C8H7F7O3/c1-2-3-4(16)18-5(17)6(9,10)7(11,12)8(13,14)15/h2-3H2,1H3. The van der Waals surface area contributed by atoms with Gasteiger partial charge in [-0.1, -0.05) is 6.92 Å². The fraction of sp³-hybridized carbons (Fsp3) is 0.750. The highest BCUT2D eigenvalue weighted by molar-refractivity contribution is 5.90. The van der Waals surface area contributed by atoms with Gasteiger partial charge in [-0.25, -0.2) is 4.79 Å². The van der Waals surface area contributed by atoms with Gasteiger partial charge in [0, 0.05) is 6.42 Å². The maximum Gasteiger partial charge on any atom is 0.460 e. The Morgan fingerprint density at radius 1 is 1.00 bits per heavy atom. The zero-order chi connectivity index (χ0) is 14.8. The van der Waals surface area contributed by atoms with E-state index in [9.17, 15) is 40.3 Å². The summed E-state index contributed by atoms with van der Waals surface area (Å²) in [5.74, 6) is -17.6. The lowest BCUT2D eigenvalue weighted by Gasteiger charge is -2.25. The third-order valence-corrected chi connectivity index (χ3v) is 1.67. The number of rotatable bonds is 4. The van der Waals surface area contributed by atoms with Gasteiger partial charge in [-0.05, 0) is 6.42 Å². The molecule has 0 heterocycles. The molecule has 0 fully saturated rings. The molecule has 0 unspecified atom stereocenters. The van der Waals surface area contributed by atoms with Gasteiger partial charge in [0.2, 0.25) is 0 Å². The van der Waals surface area contributed by atoms with Crippen LogP contribution in [0.1, 0.15) is 19.8 Å². The molecule has 0 aromatic heterocycles. The molecule has 0 aromatic carbocycles. The van der Waals surface area contributed by atoms with Crippen molar-refractivity contribution in [3.63, 3.8) is 0 Å². The van der Waals surface area contributed by atoms with E-state index in [1.807, 2.05) is 0 Å². The van der Waals surface area contributed by atoms with Crippen molar-refractivity contribution >= 4 is 11.9 Å².